The number of rotatable bonds is 4. The van der Waals surface area contributed by atoms with Gasteiger partial charge in [0.15, 0.2) is 0 Å². The van der Waals surface area contributed by atoms with E-state index >= 15 is 0 Å². The van der Waals surface area contributed by atoms with E-state index in [-0.39, 0.29) is 0 Å². The number of benzene rings is 1. The van der Waals surface area contributed by atoms with Crippen LogP contribution in [0.15, 0.2) is 67.1 Å². The SMILES string of the molecule is C(=C\c1cnc2ccccc2n1)/CCc1cn2ccccc2n1. The van der Waals surface area contributed by atoms with Crippen molar-refractivity contribution < 1.29 is 0 Å². The number of aromatic nitrogens is 4. The second kappa shape index (κ2) is 6.01. The number of aryl methyl sites for hydroxylation is 1. The standard InChI is InChI=1S/C19H16N4/c1(2-8-16-14-23-12-6-5-11-19(23)22-16)7-15-13-20-17-9-3-4-10-18(17)21-15/h1,3-7,9-14H,2,8H2/b7-1+. The average molecular weight is 300 g/mol. The Balaban J connectivity index is 1.44. The van der Waals surface area contributed by atoms with Crippen molar-refractivity contribution in [1.29, 1.82) is 0 Å². The van der Waals surface area contributed by atoms with Crippen molar-refractivity contribution in [1.82, 2.24) is 19.4 Å². The normalized spacial score (nSPS) is 11.7. The van der Waals surface area contributed by atoms with E-state index in [1.165, 1.54) is 0 Å². The van der Waals surface area contributed by atoms with Gasteiger partial charge < -0.3 is 4.40 Å². The lowest BCUT2D eigenvalue weighted by Crippen LogP contribution is -1.87. The molecule has 1 aromatic carbocycles. The molecule has 0 saturated carbocycles. The first-order valence-corrected chi connectivity index (χ1v) is 7.69. The van der Waals surface area contributed by atoms with Gasteiger partial charge in [0.05, 0.1) is 28.6 Å². The molecule has 0 saturated heterocycles. The molecule has 0 aliphatic carbocycles. The van der Waals surface area contributed by atoms with Gasteiger partial charge in [-0.25, -0.2) is 9.97 Å². The quantitative estimate of drug-likeness (QED) is 0.573. The van der Waals surface area contributed by atoms with Gasteiger partial charge in [-0.1, -0.05) is 24.3 Å². The van der Waals surface area contributed by atoms with Gasteiger partial charge in [-0.3, -0.25) is 4.98 Å². The van der Waals surface area contributed by atoms with Crippen LogP contribution in [0, 0.1) is 0 Å². The summed E-state index contributed by atoms with van der Waals surface area (Å²) in [5.74, 6) is 0. The summed E-state index contributed by atoms with van der Waals surface area (Å²) in [6, 6.07) is 13.9. The fourth-order valence-electron chi connectivity index (χ4n) is 2.59. The maximum atomic E-state index is 4.60. The molecule has 0 fully saturated rings. The lowest BCUT2D eigenvalue weighted by atomic mass is 10.2. The van der Waals surface area contributed by atoms with Gasteiger partial charge in [-0.05, 0) is 43.2 Å². The number of nitrogens with zero attached hydrogens (tertiary/aromatic N) is 4. The lowest BCUT2D eigenvalue weighted by Gasteiger charge is -1.97. The molecule has 4 rings (SSSR count). The van der Waals surface area contributed by atoms with Gasteiger partial charge in [0.2, 0.25) is 0 Å². The highest BCUT2D eigenvalue weighted by molar-refractivity contribution is 5.74. The van der Waals surface area contributed by atoms with Crippen molar-refractivity contribution in [3.63, 3.8) is 0 Å². The van der Waals surface area contributed by atoms with Crippen molar-refractivity contribution in [2.24, 2.45) is 0 Å². The summed E-state index contributed by atoms with van der Waals surface area (Å²) in [4.78, 5) is 13.6. The zero-order valence-corrected chi connectivity index (χ0v) is 12.6. The Labute approximate surface area is 134 Å². The molecule has 0 amide bonds. The number of para-hydroxylation sites is 2. The summed E-state index contributed by atoms with van der Waals surface area (Å²) >= 11 is 0. The Morgan fingerprint density at radius 3 is 2.74 bits per heavy atom. The van der Waals surface area contributed by atoms with Gasteiger partial charge >= 0.3 is 0 Å². The molecule has 3 heterocycles. The Kier molecular flexibility index (Phi) is 3.56. The molecule has 0 atom stereocenters. The van der Waals surface area contributed by atoms with Crippen LogP contribution in [0.3, 0.4) is 0 Å². The molecule has 0 aliphatic heterocycles. The minimum absolute atomic E-state index is 0.888. The highest BCUT2D eigenvalue weighted by atomic mass is 15.0. The minimum atomic E-state index is 0.888. The third-order valence-electron chi connectivity index (χ3n) is 3.74. The zero-order chi connectivity index (χ0) is 15.5. The molecule has 112 valence electrons. The molecular weight excluding hydrogens is 284 g/mol. The minimum Gasteiger partial charge on any atom is -0.307 e. The summed E-state index contributed by atoms with van der Waals surface area (Å²) < 4.78 is 2.05. The van der Waals surface area contributed by atoms with Crippen molar-refractivity contribution >= 4 is 22.8 Å². The highest BCUT2D eigenvalue weighted by Gasteiger charge is 1.99. The molecule has 0 N–H and O–H groups in total. The van der Waals surface area contributed by atoms with E-state index in [9.17, 15) is 0 Å². The summed E-state index contributed by atoms with van der Waals surface area (Å²) in [5, 5.41) is 0. The Hall–Kier alpha value is -3.01. The first-order chi connectivity index (χ1) is 11.4. The fraction of sp³-hybridized carbons (Fsp3) is 0.105. The van der Waals surface area contributed by atoms with Crippen LogP contribution in [0.2, 0.25) is 0 Å². The zero-order valence-electron chi connectivity index (χ0n) is 12.6. The molecule has 4 heteroatoms. The first-order valence-electron chi connectivity index (χ1n) is 7.69. The van der Waals surface area contributed by atoms with Gasteiger partial charge in [0, 0.05) is 12.4 Å². The predicted octanol–water partition coefficient (Wildman–Crippen LogP) is 3.92. The molecule has 0 unspecified atom stereocenters. The third kappa shape index (κ3) is 2.97. The summed E-state index contributed by atoms with van der Waals surface area (Å²) in [7, 11) is 0. The average Bonchev–Trinajstić information content (AvgIpc) is 3.01. The van der Waals surface area contributed by atoms with Crippen molar-refractivity contribution in [3.05, 3.63) is 78.5 Å². The van der Waals surface area contributed by atoms with E-state index in [0.29, 0.717) is 0 Å². The van der Waals surface area contributed by atoms with E-state index in [1.54, 1.807) is 0 Å². The van der Waals surface area contributed by atoms with Crippen LogP contribution in [0.25, 0.3) is 22.8 Å². The molecule has 23 heavy (non-hydrogen) atoms. The topological polar surface area (TPSA) is 43.1 Å². The van der Waals surface area contributed by atoms with Crippen LogP contribution in [-0.2, 0) is 6.42 Å². The number of fused-ring (bicyclic) bond motifs is 2. The van der Waals surface area contributed by atoms with Crippen LogP contribution < -0.4 is 0 Å². The van der Waals surface area contributed by atoms with Crippen LogP contribution in [0.5, 0.6) is 0 Å². The number of imidazole rings is 1. The predicted molar refractivity (Wildman–Crippen MR) is 92.1 cm³/mol. The molecule has 4 aromatic rings. The first kappa shape index (κ1) is 13.6. The monoisotopic (exact) mass is 300 g/mol. The molecule has 0 radical (unpaired) electrons. The van der Waals surface area contributed by atoms with Crippen LogP contribution in [0.1, 0.15) is 17.8 Å². The largest absolute Gasteiger partial charge is 0.307 e. The smallest absolute Gasteiger partial charge is 0.136 e. The highest BCUT2D eigenvalue weighted by Crippen LogP contribution is 2.10. The molecule has 4 nitrogen and oxygen atoms in total. The Morgan fingerprint density at radius 1 is 0.957 bits per heavy atom. The van der Waals surface area contributed by atoms with Crippen molar-refractivity contribution in [2.75, 3.05) is 0 Å². The van der Waals surface area contributed by atoms with Gasteiger partial charge in [0.1, 0.15) is 5.65 Å². The molecule has 0 spiro atoms. The van der Waals surface area contributed by atoms with Crippen molar-refractivity contribution in [3.8, 4) is 0 Å². The van der Waals surface area contributed by atoms with Crippen LogP contribution in [0.4, 0.5) is 0 Å². The second-order valence-corrected chi connectivity index (χ2v) is 5.42. The van der Waals surface area contributed by atoms with Gasteiger partial charge in [-0.15, -0.1) is 0 Å². The van der Waals surface area contributed by atoms with E-state index in [1.807, 2.05) is 65.3 Å². The summed E-state index contributed by atoms with van der Waals surface area (Å²) in [6.45, 7) is 0. The van der Waals surface area contributed by atoms with E-state index in [2.05, 4.69) is 27.2 Å². The lowest BCUT2D eigenvalue weighted by molar-refractivity contribution is 0.963. The number of hydrogen-bond acceptors (Lipinski definition) is 3. The molecule has 3 aromatic heterocycles. The van der Waals surface area contributed by atoms with E-state index in [4.69, 9.17) is 0 Å². The Morgan fingerprint density at radius 2 is 1.83 bits per heavy atom. The number of hydrogen-bond donors (Lipinski definition) is 0. The van der Waals surface area contributed by atoms with Gasteiger partial charge in [0.25, 0.3) is 0 Å². The summed E-state index contributed by atoms with van der Waals surface area (Å²) in [6.07, 6.45) is 11.9. The Bertz CT molecular complexity index is 952. The number of allylic oxidation sites excluding steroid dienone is 1. The molecular formula is C19H16N4. The van der Waals surface area contributed by atoms with E-state index < -0.39 is 0 Å². The fourth-order valence-corrected chi connectivity index (χ4v) is 2.59. The van der Waals surface area contributed by atoms with Crippen LogP contribution in [-0.4, -0.2) is 19.4 Å². The maximum absolute atomic E-state index is 4.60. The van der Waals surface area contributed by atoms with Crippen molar-refractivity contribution in [2.45, 2.75) is 12.8 Å². The van der Waals surface area contributed by atoms with E-state index in [0.717, 1.165) is 40.9 Å². The third-order valence-corrected chi connectivity index (χ3v) is 3.74. The van der Waals surface area contributed by atoms with Crippen LogP contribution >= 0.6 is 0 Å². The maximum Gasteiger partial charge on any atom is 0.136 e. The molecule has 0 bridgehead atoms. The number of pyridine rings is 1. The second-order valence-electron chi connectivity index (χ2n) is 5.42. The summed E-state index contributed by atoms with van der Waals surface area (Å²) in [5.41, 5.74) is 4.83. The van der Waals surface area contributed by atoms with Gasteiger partial charge in [-0.2, -0.15) is 0 Å². The molecule has 0 aliphatic rings.